The maximum Gasteiger partial charge on any atom is 0.411 e. The average molecular weight is 227 g/mol. The summed E-state index contributed by atoms with van der Waals surface area (Å²) >= 11 is 0. The van der Waals surface area contributed by atoms with Gasteiger partial charge in [-0.15, -0.1) is 0 Å². The number of amides is 1. The zero-order valence-electron chi connectivity index (χ0n) is 10.5. The second-order valence-electron chi connectivity index (χ2n) is 5.37. The number of likely N-dealkylation sites (tertiary alicyclic amines) is 1. The third kappa shape index (κ3) is 3.22. The van der Waals surface area contributed by atoms with Gasteiger partial charge in [-0.1, -0.05) is 0 Å². The van der Waals surface area contributed by atoms with Crippen molar-refractivity contribution in [2.75, 3.05) is 0 Å². The summed E-state index contributed by atoms with van der Waals surface area (Å²) in [6.45, 7) is 7.44. The molecule has 0 radical (unpaired) electrons. The molecule has 0 spiro atoms. The molecule has 0 unspecified atom stereocenters. The number of piperidine rings is 1. The molecule has 1 fully saturated rings. The number of nitrogens with zero attached hydrogens (tertiary/aromatic N) is 1. The van der Waals surface area contributed by atoms with E-state index in [1.54, 1.807) is 4.90 Å². The lowest BCUT2D eigenvalue weighted by Gasteiger charge is -2.38. The average Bonchev–Trinajstić information content (AvgIpc) is 2.14. The molecule has 0 N–H and O–H groups in total. The van der Waals surface area contributed by atoms with Crippen LogP contribution in [-0.4, -0.2) is 35.0 Å². The van der Waals surface area contributed by atoms with Gasteiger partial charge in [0.05, 0.1) is 6.04 Å². The smallest absolute Gasteiger partial charge is 0.411 e. The van der Waals surface area contributed by atoms with Crippen LogP contribution in [0.5, 0.6) is 0 Å². The van der Waals surface area contributed by atoms with Gasteiger partial charge in [0, 0.05) is 6.04 Å². The second kappa shape index (κ2) is 4.85. The lowest BCUT2D eigenvalue weighted by molar-refractivity contribution is -0.114. The molecule has 16 heavy (non-hydrogen) atoms. The minimum atomic E-state index is -0.512. The van der Waals surface area contributed by atoms with Crippen LogP contribution < -0.4 is 0 Å². The number of hydrogen-bond donors (Lipinski definition) is 0. The number of carbonyl (C=O) groups excluding carboxylic acids is 2. The first-order valence-corrected chi connectivity index (χ1v) is 5.82. The predicted molar refractivity (Wildman–Crippen MR) is 61.2 cm³/mol. The van der Waals surface area contributed by atoms with Crippen LogP contribution in [0, 0.1) is 0 Å². The monoisotopic (exact) mass is 227 g/mol. The van der Waals surface area contributed by atoms with Gasteiger partial charge in [-0.2, -0.15) is 0 Å². The van der Waals surface area contributed by atoms with Crippen LogP contribution in [0.15, 0.2) is 0 Å². The van der Waals surface area contributed by atoms with E-state index in [2.05, 4.69) is 0 Å². The van der Waals surface area contributed by atoms with E-state index in [1.807, 2.05) is 27.7 Å². The van der Waals surface area contributed by atoms with Gasteiger partial charge in [-0.3, -0.25) is 4.90 Å². The van der Waals surface area contributed by atoms with Crippen molar-refractivity contribution in [2.45, 2.75) is 64.6 Å². The van der Waals surface area contributed by atoms with E-state index < -0.39 is 5.60 Å². The largest absolute Gasteiger partial charge is 0.444 e. The van der Waals surface area contributed by atoms with E-state index >= 15 is 0 Å². The molecule has 4 nitrogen and oxygen atoms in total. The molecule has 92 valence electrons. The van der Waals surface area contributed by atoms with Gasteiger partial charge >= 0.3 is 6.09 Å². The summed E-state index contributed by atoms with van der Waals surface area (Å²) < 4.78 is 5.31. The molecule has 2 atom stereocenters. The van der Waals surface area contributed by atoms with Gasteiger partial charge in [-0.25, -0.2) is 4.79 Å². The number of hydrogen-bond acceptors (Lipinski definition) is 3. The highest BCUT2D eigenvalue weighted by Crippen LogP contribution is 2.24. The second-order valence-corrected chi connectivity index (χ2v) is 5.37. The third-order valence-corrected chi connectivity index (χ3v) is 2.72. The van der Waals surface area contributed by atoms with Crippen LogP contribution in [0.3, 0.4) is 0 Å². The molecule has 1 heterocycles. The maximum absolute atomic E-state index is 11.9. The van der Waals surface area contributed by atoms with E-state index in [-0.39, 0.29) is 18.2 Å². The Bertz CT molecular complexity index is 270. The van der Waals surface area contributed by atoms with Crippen molar-refractivity contribution in [3.05, 3.63) is 0 Å². The molecule has 1 aliphatic heterocycles. The fraction of sp³-hybridized carbons (Fsp3) is 0.833. The summed E-state index contributed by atoms with van der Waals surface area (Å²) in [5.41, 5.74) is -0.512. The van der Waals surface area contributed by atoms with Crippen molar-refractivity contribution < 1.29 is 14.3 Å². The van der Waals surface area contributed by atoms with Crippen molar-refractivity contribution in [3.8, 4) is 0 Å². The highest BCUT2D eigenvalue weighted by atomic mass is 16.6. The van der Waals surface area contributed by atoms with Gasteiger partial charge in [0.1, 0.15) is 11.9 Å². The molecular formula is C12H21NO3. The van der Waals surface area contributed by atoms with Gasteiger partial charge in [0.2, 0.25) is 0 Å². The lowest BCUT2D eigenvalue weighted by atomic mass is 9.98. The molecule has 0 aromatic heterocycles. The maximum atomic E-state index is 11.9. The van der Waals surface area contributed by atoms with E-state index in [0.717, 1.165) is 25.5 Å². The third-order valence-electron chi connectivity index (χ3n) is 2.72. The molecule has 0 saturated carbocycles. The Labute approximate surface area is 96.9 Å². The van der Waals surface area contributed by atoms with Crippen LogP contribution in [0.4, 0.5) is 4.79 Å². The zero-order valence-corrected chi connectivity index (χ0v) is 10.5. The first-order chi connectivity index (χ1) is 7.35. The van der Waals surface area contributed by atoms with Crippen molar-refractivity contribution in [1.29, 1.82) is 0 Å². The van der Waals surface area contributed by atoms with Gasteiger partial charge < -0.3 is 9.53 Å². The molecule has 1 saturated heterocycles. The Kier molecular flexibility index (Phi) is 3.94. The Hall–Kier alpha value is -1.06. The number of aldehydes is 1. The Morgan fingerprint density at radius 2 is 2.00 bits per heavy atom. The summed E-state index contributed by atoms with van der Waals surface area (Å²) in [5, 5.41) is 0. The summed E-state index contributed by atoms with van der Waals surface area (Å²) in [6.07, 6.45) is 3.14. The van der Waals surface area contributed by atoms with Crippen LogP contribution in [0.25, 0.3) is 0 Å². The molecule has 0 aliphatic carbocycles. The highest BCUT2D eigenvalue weighted by Gasteiger charge is 2.34. The van der Waals surface area contributed by atoms with E-state index in [0.29, 0.717) is 0 Å². The van der Waals surface area contributed by atoms with E-state index in [4.69, 9.17) is 4.74 Å². The van der Waals surface area contributed by atoms with Crippen molar-refractivity contribution in [3.63, 3.8) is 0 Å². The van der Waals surface area contributed by atoms with Gasteiger partial charge in [-0.05, 0) is 47.0 Å². The van der Waals surface area contributed by atoms with Crippen molar-refractivity contribution >= 4 is 12.4 Å². The summed E-state index contributed by atoms with van der Waals surface area (Å²) in [7, 11) is 0. The molecule has 1 rings (SSSR count). The molecule has 0 bridgehead atoms. The standard InChI is InChI=1S/C12H21NO3/c1-9-6-5-7-10(8-14)13(9)11(15)16-12(2,3)4/h8-10H,5-7H2,1-4H3/t9-,10-/m1/s1. The van der Waals surface area contributed by atoms with Crippen molar-refractivity contribution in [2.24, 2.45) is 0 Å². The SMILES string of the molecule is C[C@@H]1CCC[C@H](C=O)N1C(=O)OC(C)(C)C. The quantitative estimate of drug-likeness (QED) is 0.646. The number of rotatable bonds is 1. The minimum Gasteiger partial charge on any atom is -0.444 e. The molecule has 1 amide bonds. The summed E-state index contributed by atoms with van der Waals surface area (Å²) in [5.74, 6) is 0. The minimum absolute atomic E-state index is 0.0822. The van der Waals surface area contributed by atoms with Crippen LogP contribution in [0.2, 0.25) is 0 Å². The summed E-state index contributed by atoms with van der Waals surface area (Å²) in [4.78, 5) is 24.4. The van der Waals surface area contributed by atoms with Gasteiger partial charge in [0.15, 0.2) is 0 Å². The zero-order chi connectivity index (χ0) is 12.3. The fourth-order valence-corrected chi connectivity index (χ4v) is 1.99. The molecule has 1 aliphatic rings. The number of carbonyl (C=O) groups is 2. The van der Waals surface area contributed by atoms with Crippen LogP contribution in [0.1, 0.15) is 47.0 Å². The van der Waals surface area contributed by atoms with Crippen molar-refractivity contribution in [1.82, 2.24) is 4.90 Å². The molecule has 0 aromatic carbocycles. The summed E-state index contributed by atoms with van der Waals surface area (Å²) in [6, 6.07) is -0.239. The number of ether oxygens (including phenoxy) is 1. The predicted octanol–water partition coefficient (Wildman–Crippen LogP) is 2.36. The fourth-order valence-electron chi connectivity index (χ4n) is 1.99. The molecule has 4 heteroatoms. The Morgan fingerprint density at radius 3 is 2.50 bits per heavy atom. The Balaban J connectivity index is 2.73. The normalized spacial score (nSPS) is 26.4. The Morgan fingerprint density at radius 1 is 1.38 bits per heavy atom. The van der Waals surface area contributed by atoms with E-state index in [1.165, 1.54) is 0 Å². The molecular weight excluding hydrogens is 206 g/mol. The first-order valence-electron chi connectivity index (χ1n) is 5.82. The highest BCUT2D eigenvalue weighted by molar-refractivity contribution is 5.74. The van der Waals surface area contributed by atoms with Gasteiger partial charge in [0.25, 0.3) is 0 Å². The molecule has 0 aromatic rings. The van der Waals surface area contributed by atoms with E-state index in [9.17, 15) is 9.59 Å². The van der Waals surface area contributed by atoms with Crippen LogP contribution in [-0.2, 0) is 9.53 Å². The lowest BCUT2D eigenvalue weighted by Crippen LogP contribution is -2.51. The topological polar surface area (TPSA) is 46.6 Å². The first kappa shape index (κ1) is 13.0. The van der Waals surface area contributed by atoms with Crippen LogP contribution >= 0.6 is 0 Å².